The lowest BCUT2D eigenvalue weighted by molar-refractivity contribution is 0.349. The zero-order valence-corrected chi connectivity index (χ0v) is 13.6. The van der Waals surface area contributed by atoms with Gasteiger partial charge in [-0.2, -0.15) is 0 Å². The molecule has 1 aromatic rings. The van der Waals surface area contributed by atoms with Crippen molar-refractivity contribution in [1.82, 2.24) is 10.0 Å². The highest BCUT2D eigenvalue weighted by Crippen LogP contribution is 2.30. The maximum Gasteiger partial charge on any atom is 0.250 e. The molecule has 4 nitrogen and oxygen atoms in total. The summed E-state index contributed by atoms with van der Waals surface area (Å²) in [6, 6.07) is 1.86. The lowest BCUT2D eigenvalue weighted by Crippen LogP contribution is -2.51. The molecule has 2 N–H and O–H groups in total. The molecule has 0 saturated carbocycles. The Labute approximate surface area is 120 Å². The summed E-state index contributed by atoms with van der Waals surface area (Å²) in [7, 11) is -3.40. The Hall–Kier alpha value is 0.0500. The minimum atomic E-state index is -3.40. The van der Waals surface area contributed by atoms with Crippen molar-refractivity contribution in [1.29, 1.82) is 0 Å². The lowest BCUT2D eigenvalue weighted by Gasteiger charge is -2.30. The monoisotopic (exact) mass is 352 g/mol. The largest absolute Gasteiger partial charge is 0.313 e. The summed E-state index contributed by atoms with van der Waals surface area (Å²) in [4.78, 5) is 0. The van der Waals surface area contributed by atoms with Crippen LogP contribution in [0.25, 0.3) is 0 Å². The summed E-state index contributed by atoms with van der Waals surface area (Å²) < 4.78 is 28.6. The molecule has 0 aromatic carbocycles. The molecule has 2 atom stereocenters. The zero-order valence-electron chi connectivity index (χ0n) is 10.4. The van der Waals surface area contributed by atoms with Crippen LogP contribution in [0.1, 0.15) is 25.3 Å². The third kappa shape index (κ3) is 3.14. The molecule has 0 spiro atoms. The van der Waals surface area contributed by atoms with E-state index < -0.39 is 10.0 Å². The van der Waals surface area contributed by atoms with Crippen LogP contribution in [0.3, 0.4) is 0 Å². The average Bonchev–Trinajstić information content (AvgIpc) is 2.63. The zero-order chi connectivity index (χ0) is 13.3. The molecule has 18 heavy (non-hydrogen) atoms. The Bertz CT molecular complexity index is 508. The molecule has 0 bridgehead atoms. The van der Waals surface area contributed by atoms with E-state index in [1.54, 1.807) is 6.07 Å². The van der Waals surface area contributed by atoms with Gasteiger partial charge in [-0.15, -0.1) is 11.3 Å². The minimum absolute atomic E-state index is 0.0232. The summed E-state index contributed by atoms with van der Waals surface area (Å²) in [5, 5.41) is 3.29. The number of halogens is 1. The van der Waals surface area contributed by atoms with Gasteiger partial charge in [0, 0.05) is 12.1 Å². The van der Waals surface area contributed by atoms with Gasteiger partial charge in [-0.05, 0) is 60.8 Å². The predicted molar refractivity (Wildman–Crippen MR) is 77.6 cm³/mol. The van der Waals surface area contributed by atoms with E-state index in [1.165, 1.54) is 11.3 Å². The topological polar surface area (TPSA) is 58.2 Å². The van der Waals surface area contributed by atoms with E-state index in [0.29, 0.717) is 4.21 Å². The first-order chi connectivity index (χ1) is 8.40. The maximum absolute atomic E-state index is 12.3. The SMILES string of the molecule is Cc1cc(S(=O)(=O)NC2CCCNC2C)sc1Br. The van der Waals surface area contributed by atoms with Gasteiger partial charge in [0.1, 0.15) is 4.21 Å². The van der Waals surface area contributed by atoms with Gasteiger partial charge in [0.2, 0.25) is 10.0 Å². The first kappa shape index (κ1) is 14.5. The average molecular weight is 353 g/mol. The highest BCUT2D eigenvalue weighted by molar-refractivity contribution is 9.11. The van der Waals surface area contributed by atoms with Gasteiger partial charge in [-0.25, -0.2) is 13.1 Å². The second-order valence-electron chi connectivity index (χ2n) is 4.63. The number of hydrogen-bond acceptors (Lipinski definition) is 4. The molecule has 102 valence electrons. The smallest absolute Gasteiger partial charge is 0.250 e. The predicted octanol–water partition coefficient (Wildman–Crippen LogP) is 2.24. The maximum atomic E-state index is 12.3. The molecule has 2 rings (SSSR count). The van der Waals surface area contributed by atoms with Crippen molar-refractivity contribution in [3.8, 4) is 0 Å². The highest BCUT2D eigenvalue weighted by Gasteiger charge is 2.27. The van der Waals surface area contributed by atoms with Gasteiger partial charge in [-0.3, -0.25) is 0 Å². The van der Waals surface area contributed by atoms with E-state index in [1.807, 2.05) is 13.8 Å². The van der Waals surface area contributed by atoms with Crippen LogP contribution in [0, 0.1) is 6.92 Å². The van der Waals surface area contributed by atoms with E-state index in [-0.39, 0.29) is 12.1 Å². The Balaban J connectivity index is 2.16. The van der Waals surface area contributed by atoms with Crippen LogP contribution >= 0.6 is 27.3 Å². The Morgan fingerprint density at radius 3 is 2.83 bits per heavy atom. The van der Waals surface area contributed by atoms with Crippen molar-refractivity contribution >= 4 is 37.3 Å². The van der Waals surface area contributed by atoms with E-state index in [0.717, 1.165) is 28.7 Å². The molecular formula is C11H17BrN2O2S2. The lowest BCUT2D eigenvalue weighted by atomic mass is 10.0. The molecule has 0 radical (unpaired) electrons. The van der Waals surface area contributed by atoms with Crippen LogP contribution in [-0.4, -0.2) is 27.0 Å². The van der Waals surface area contributed by atoms with E-state index in [4.69, 9.17) is 0 Å². The first-order valence-corrected chi connectivity index (χ1v) is 9.01. The van der Waals surface area contributed by atoms with Crippen molar-refractivity contribution in [2.45, 2.75) is 43.0 Å². The fourth-order valence-electron chi connectivity index (χ4n) is 2.03. The normalized spacial score (nSPS) is 25.3. The van der Waals surface area contributed by atoms with Gasteiger partial charge in [-0.1, -0.05) is 0 Å². The van der Waals surface area contributed by atoms with Crippen LogP contribution in [0.5, 0.6) is 0 Å². The van der Waals surface area contributed by atoms with E-state index in [2.05, 4.69) is 26.0 Å². The Morgan fingerprint density at radius 2 is 2.28 bits per heavy atom. The first-order valence-electron chi connectivity index (χ1n) is 5.92. The molecule has 1 aromatic heterocycles. The summed E-state index contributed by atoms with van der Waals surface area (Å²) in [6.45, 7) is 4.87. The fraction of sp³-hybridized carbons (Fsp3) is 0.636. The van der Waals surface area contributed by atoms with Gasteiger partial charge in [0.25, 0.3) is 0 Å². The summed E-state index contributed by atoms with van der Waals surface area (Å²) in [5.41, 5.74) is 0.954. The molecule has 2 heterocycles. The second kappa shape index (κ2) is 5.58. The van der Waals surface area contributed by atoms with Crippen molar-refractivity contribution in [2.24, 2.45) is 0 Å². The van der Waals surface area contributed by atoms with Crippen LogP contribution < -0.4 is 10.0 Å². The van der Waals surface area contributed by atoms with Crippen LogP contribution in [0.15, 0.2) is 14.1 Å². The molecule has 1 aliphatic rings. The van der Waals surface area contributed by atoms with E-state index >= 15 is 0 Å². The van der Waals surface area contributed by atoms with Gasteiger partial charge in [0.15, 0.2) is 0 Å². The summed E-state index contributed by atoms with van der Waals surface area (Å²) >= 11 is 4.62. The van der Waals surface area contributed by atoms with Crippen LogP contribution in [-0.2, 0) is 10.0 Å². The van der Waals surface area contributed by atoms with Crippen LogP contribution in [0.2, 0.25) is 0 Å². The minimum Gasteiger partial charge on any atom is -0.313 e. The fourth-order valence-corrected chi connectivity index (χ4v) is 5.62. The number of thiophene rings is 1. The second-order valence-corrected chi connectivity index (χ2v) is 8.95. The molecule has 0 amide bonds. The number of sulfonamides is 1. The molecule has 7 heteroatoms. The van der Waals surface area contributed by atoms with Crippen molar-refractivity contribution in [3.63, 3.8) is 0 Å². The van der Waals surface area contributed by atoms with Gasteiger partial charge >= 0.3 is 0 Å². The molecular weight excluding hydrogens is 336 g/mol. The Kier molecular flexibility index (Phi) is 4.48. The number of hydrogen-bond donors (Lipinski definition) is 2. The quantitative estimate of drug-likeness (QED) is 0.876. The Morgan fingerprint density at radius 1 is 1.56 bits per heavy atom. The standard InChI is InChI=1S/C11H17BrN2O2S2/c1-7-6-10(17-11(7)12)18(15,16)14-9-4-3-5-13-8(9)2/h6,8-9,13-14H,3-5H2,1-2H3. The number of nitrogens with one attached hydrogen (secondary N) is 2. The number of rotatable bonds is 3. The van der Waals surface area contributed by atoms with Gasteiger partial charge < -0.3 is 5.32 Å². The highest BCUT2D eigenvalue weighted by atomic mass is 79.9. The number of aryl methyl sites for hydroxylation is 1. The molecule has 1 saturated heterocycles. The molecule has 0 aliphatic carbocycles. The third-order valence-corrected chi connectivity index (χ3v) is 7.27. The van der Waals surface area contributed by atoms with Gasteiger partial charge in [0.05, 0.1) is 3.79 Å². The summed E-state index contributed by atoms with van der Waals surface area (Å²) in [5.74, 6) is 0. The summed E-state index contributed by atoms with van der Waals surface area (Å²) in [6.07, 6.45) is 1.89. The third-order valence-electron chi connectivity index (χ3n) is 3.17. The molecule has 1 aliphatic heterocycles. The van der Waals surface area contributed by atoms with Crippen molar-refractivity contribution in [3.05, 3.63) is 15.4 Å². The van der Waals surface area contributed by atoms with Crippen molar-refractivity contribution < 1.29 is 8.42 Å². The molecule has 1 fully saturated rings. The van der Waals surface area contributed by atoms with Crippen LogP contribution in [0.4, 0.5) is 0 Å². The number of piperidine rings is 1. The van der Waals surface area contributed by atoms with E-state index in [9.17, 15) is 8.42 Å². The molecule has 2 unspecified atom stereocenters. The van der Waals surface area contributed by atoms with Crippen molar-refractivity contribution in [2.75, 3.05) is 6.54 Å².